The quantitative estimate of drug-likeness (QED) is 0.493. The molecule has 0 bridgehead atoms. The minimum absolute atomic E-state index is 0.865. The van der Waals surface area contributed by atoms with Crippen LogP contribution in [0.3, 0.4) is 0 Å². The van der Waals surface area contributed by atoms with Crippen molar-refractivity contribution in [1.29, 1.82) is 0 Å². The van der Waals surface area contributed by atoms with Gasteiger partial charge in [-0.05, 0) is 80.1 Å². The van der Waals surface area contributed by atoms with Crippen LogP contribution in [-0.2, 0) is 12.8 Å². The van der Waals surface area contributed by atoms with E-state index < -0.39 is 0 Å². The zero-order valence-corrected chi connectivity index (χ0v) is 16.3. The second-order valence-corrected chi connectivity index (χ2v) is 7.38. The molecule has 0 radical (unpaired) electrons. The zero-order chi connectivity index (χ0) is 19.1. The topological polar surface area (TPSA) is 39.9 Å². The minimum Gasteiger partial charge on any atom is -0.497 e. The smallest absolute Gasteiger partial charge is 0.164 e. The summed E-state index contributed by atoms with van der Waals surface area (Å²) in [5.41, 5.74) is 8.10. The molecule has 140 valence electrons. The molecule has 2 heterocycles. The summed E-state index contributed by atoms with van der Waals surface area (Å²) in [5.74, 6) is 0.865. The maximum Gasteiger partial charge on any atom is 0.164 e. The lowest BCUT2D eigenvalue weighted by atomic mass is 9.87. The first-order valence-corrected chi connectivity index (χ1v) is 9.87. The Morgan fingerprint density at radius 2 is 1.61 bits per heavy atom. The van der Waals surface area contributed by atoms with Crippen molar-refractivity contribution in [3.63, 3.8) is 0 Å². The summed E-state index contributed by atoms with van der Waals surface area (Å²) in [6.45, 7) is 2.10. The largest absolute Gasteiger partial charge is 0.497 e. The maximum absolute atomic E-state index is 5.33. The number of aromatic nitrogens is 3. The van der Waals surface area contributed by atoms with E-state index in [9.17, 15) is 0 Å². The first kappa shape index (κ1) is 17.0. The summed E-state index contributed by atoms with van der Waals surface area (Å²) in [6, 6.07) is 18.5. The van der Waals surface area contributed by atoms with Gasteiger partial charge in [-0.3, -0.25) is 0 Å². The molecule has 0 saturated heterocycles. The third-order valence-electron chi connectivity index (χ3n) is 5.67. The van der Waals surface area contributed by atoms with Gasteiger partial charge in [0.05, 0.1) is 24.2 Å². The first-order valence-electron chi connectivity index (χ1n) is 9.87. The molecule has 0 fully saturated rings. The van der Waals surface area contributed by atoms with Crippen LogP contribution in [0, 0.1) is 6.92 Å². The van der Waals surface area contributed by atoms with Crippen LogP contribution < -0.4 is 4.74 Å². The molecule has 0 aliphatic heterocycles. The third kappa shape index (κ3) is 2.68. The van der Waals surface area contributed by atoms with Gasteiger partial charge in [0.1, 0.15) is 5.75 Å². The van der Waals surface area contributed by atoms with Crippen LogP contribution >= 0.6 is 0 Å². The van der Waals surface area contributed by atoms with E-state index in [0.29, 0.717) is 0 Å². The first-order chi connectivity index (χ1) is 13.8. The van der Waals surface area contributed by atoms with Crippen molar-refractivity contribution in [3.8, 4) is 22.7 Å². The molecule has 4 nitrogen and oxygen atoms in total. The predicted octanol–water partition coefficient (Wildman–Crippen LogP) is 5.28. The highest BCUT2D eigenvalue weighted by Gasteiger charge is 2.23. The SMILES string of the molecule is COc1ccc(-c2nc3c(c(C)nn3-c3ccccc3)c3c2CCCC3)cc1. The van der Waals surface area contributed by atoms with Gasteiger partial charge in [-0.15, -0.1) is 0 Å². The summed E-state index contributed by atoms with van der Waals surface area (Å²) in [5, 5.41) is 6.10. The fourth-order valence-electron chi connectivity index (χ4n) is 4.32. The number of para-hydroxylation sites is 1. The van der Waals surface area contributed by atoms with Gasteiger partial charge in [0, 0.05) is 10.9 Å². The van der Waals surface area contributed by atoms with Crippen molar-refractivity contribution in [2.24, 2.45) is 0 Å². The monoisotopic (exact) mass is 369 g/mol. The fourth-order valence-corrected chi connectivity index (χ4v) is 4.32. The van der Waals surface area contributed by atoms with E-state index in [1.165, 1.54) is 29.4 Å². The van der Waals surface area contributed by atoms with Crippen molar-refractivity contribution >= 4 is 11.0 Å². The van der Waals surface area contributed by atoms with Crippen LogP contribution in [0.25, 0.3) is 28.0 Å². The molecule has 0 unspecified atom stereocenters. The van der Waals surface area contributed by atoms with Gasteiger partial charge in [-0.25, -0.2) is 9.67 Å². The number of methoxy groups -OCH3 is 1. The molecule has 5 rings (SSSR count). The van der Waals surface area contributed by atoms with Gasteiger partial charge < -0.3 is 4.74 Å². The highest BCUT2D eigenvalue weighted by Crippen LogP contribution is 2.37. The molecule has 28 heavy (non-hydrogen) atoms. The van der Waals surface area contributed by atoms with Crippen LogP contribution in [0.1, 0.15) is 29.7 Å². The Hall–Kier alpha value is -3.14. The molecule has 0 N–H and O–H groups in total. The molecular weight excluding hydrogens is 346 g/mol. The lowest BCUT2D eigenvalue weighted by Crippen LogP contribution is -2.08. The number of ether oxygens (including phenoxy) is 1. The Bertz CT molecular complexity index is 1140. The number of aryl methyl sites for hydroxylation is 2. The van der Waals surface area contributed by atoms with Crippen molar-refractivity contribution in [2.45, 2.75) is 32.6 Å². The molecular formula is C24H23N3O. The normalized spacial score (nSPS) is 13.5. The lowest BCUT2D eigenvalue weighted by Gasteiger charge is -2.20. The van der Waals surface area contributed by atoms with E-state index in [1.54, 1.807) is 7.11 Å². The van der Waals surface area contributed by atoms with E-state index in [2.05, 4.69) is 31.2 Å². The van der Waals surface area contributed by atoms with Crippen molar-refractivity contribution in [1.82, 2.24) is 14.8 Å². The van der Waals surface area contributed by atoms with Gasteiger partial charge in [0.2, 0.25) is 0 Å². The number of hydrogen-bond donors (Lipinski definition) is 0. The van der Waals surface area contributed by atoms with Crippen LogP contribution in [-0.4, -0.2) is 21.9 Å². The Morgan fingerprint density at radius 3 is 2.32 bits per heavy atom. The van der Waals surface area contributed by atoms with Gasteiger partial charge >= 0.3 is 0 Å². The molecule has 2 aromatic heterocycles. The van der Waals surface area contributed by atoms with Crippen molar-refractivity contribution in [3.05, 3.63) is 71.4 Å². The average Bonchev–Trinajstić information content (AvgIpc) is 3.10. The molecule has 2 aromatic carbocycles. The second-order valence-electron chi connectivity index (χ2n) is 7.38. The van der Waals surface area contributed by atoms with Gasteiger partial charge in [0.15, 0.2) is 5.65 Å². The number of benzene rings is 2. The molecule has 0 amide bonds. The summed E-state index contributed by atoms with van der Waals surface area (Å²) >= 11 is 0. The maximum atomic E-state index is 5.33. The number of fused-ring (bicyclic) bond motifs is 3. The van der Waals surface area contributed by atoms with Crippen LogP contribution in [0.2, 0.25) is 0 Å². The van der Waals surface area contributed by atoms with E-state index in [0.717, 1.165) is 46.9 Å². The molecule has 0 saturated carbocycles. The number of rotatable bonds is 3. The Morgan fingerprint density at radius 1 is 0.893 bits per heavy atom. The standard InChI is InChI=1S/C24H23N3O/c1-16-22-20-10-6-7-11-21(20)23(17-12-14-19(28-2)15-13-17)25-24(22)27(26-16)18-8-4-3-5-9-18/h3-5,8-9,12-15H,6-7,10-11H2,1-2H3. The summed E-state index contributed by atoms with van der Waals surface area (Å²) < 4.78 is 7.33. The van der Waals surface area contributed by atoms with E-state index in [1.807, 2.05) is 35.0 Å². The summed E-state index contributed by atoms with van der Waals surface area (Å²) in [4.78, 5) is 5.17. The number of pyridine rings is 1. The Balaban J connectivity index is 1.80. The van der Waals surface area contributed by atoms with Gasteiger partial charge in [-0.1, -0.05) is 18.2 Å². The van der Waals surface area contributed by atoms with E-state index >= 15 is 0 Å². The Kier molecular flexibility index (Phi) is 4.12. The van der Waals surface area contributed by atoms with Crippen molar-refractivity contribution < 1.29 is 4.74 Å². The highest BCUT2D eigenvalue weighted by molar-refractivity contribution is 5.88. The highest BCUT2D eigenvalue weighted by atomic mass is 16.5. The van der Waals surface area contributed by atoms with Gasteiger partial charge in [0.25, 0.3) is 0 Å². The summed E-state index contributed by atoms with van der Waals surface area (Å²) in [6.07, 6.45) is 4.62. The Labute approximate surface area is 164 Å². The lowest BCUT2D eigenvalue weighted by molar-refractivity contribution is 0.415. The van der Waals surface area contributed by atoms with E-state index in [4.69, 9.17) is 14.8 Å². The summed E-state index contributed by atoms with van der Waals surface area (Å²) in [7, 11) is 1.70. The third-order valence-corrected chi connectivity index (χ3v) is 5.67. The number of nitrogens with zero attached hydrogens (tertiary/aromatic N) is 3. The van der Waals surface area contributed by atoms with Crippen LogP contribution in [0.5, 0.6) is 5.75 Å². The zero-order valence-electron chi connectivity index (χ0n) is 16.3. The molecule has 4 aromatic rings. The molecule has 1 aliphatic rings. The second kappa shape index (κ2) is 6.79. The minimum atomic E-state index is 0.865. The molecule has 0 spiro atoms. The van der Waals surface area contributed by atoms with E-state index in [-0.39, 0.29) is 0 Å². The van der Waals surface area contributed by atoms with Crippen LogP contribution in [0.15, 0.2) is 54.6 Å². The molecule has 0 atom stereocenters. The van der Waals surface area contributed by atoms with Crippen molar-refractivity contribution in [2.75, 3.05) is 7.11 Å². The molecule has 1 aliphatic carbocycles. The van der Waals surface area contributed by atoms with Gasteiger partial charge in [-0.2, -0.15) is 5.10 Å². The fraction of sp³-hybridized carbons (Fsp3) is 0.250. The number of hydrogen-bond acceptors (Lipinski definition) is 3. The molecule has 4 heteroatoms. The predicted molar refractivity (Wildman–Crippen MR) is 112 cm³/mol. The average molecular weight is 369 g/mol. The van der Waals surface area contributed by atoms with Crippen LogP contribution in [0.4, 0.5) is 0 Å².